The van der Waals surface area contributed by atoms with E-state index in [1.54, 1.807) is 6.07 Å². The Morgan fingerprint density at radius 3 is 2.47 bits per heavy atom. The van der Waals surface area contributed by atoms with Crippen LogP contribution in [0.4, 0.5) is 4.39 Å². The minimum absolute atomic E-state index is 0.0351. The second kappa shape index (κ2) is 4.52. The fourth-order valence-electron chi connectivity index (χ4n) is 1.12. The Balaban J connectivity index is 3.16. The first-order valence-corrected chi connectivity index (χ1v) is 4.05. The summed E-state index contributed by atoms with van der Waals surface area (Å²) < 4.78 is 12.7. The number of nitrogens with zero attached hydrogens (tertiary/aromatic N) is 2. The molecule has 2 unspecified atom stereocenters. The Morgan fingerprint density at radius 1 is 1.27 bits per heavy atom. The number of hydrogen-bond donors (Lipinski definition) is 2. The van der Waals surface area contributed by atoms with Gasteiger partial charge in [-0.2, -0.15) is 10.5 Å². The monoisotopic (exact) mass is 206 g/mol. The molecule has 76 valence electrons. The molecule has 0 amide bonds. The van der Waals surface area contributed by atoms with Gasteiger partial charge in [0, 0.05) is 5.56 Å². The summed E-state index contributed by atoms with van der Waals surface area (Å²) in [4.78, 5) is 0. The second-order valence-electron chi connectivity index (χ2n) is 2.86. The van der Waals surface area contributed by atoms with Crippen molar-refractivity contribution in [1.29, 1.82) is 10.5 Å². The first-order valence-electron chi connectivity index (χ1n) is 4.05. The number of benzene rings is 1. The fourth-order valence-corrected chi connectivity index (χ4v) is 1.12. The third-order valence-corrected chi connectivity index (χ3v) is 1.89. The van der Waals surface area contributed by atoms with Gasteiger partial charge in [0.25, 0.3) is 0 Å². The van der Waals surface area contributed by atoms with Gasteiger partial charge in [-0.1, -0.05) is 6.07 Å². The zero-order valence-corrected chi connectivity index (χ0v) is 7.55. The minimum Gasteiger partial charge on any atom is -0.385 e. The van der Waals surface area contributed by atoms with E-state index >= 15 is 0 Å². The van der Waals surface area contributed by atoms with Crippen LogP contribution in [0.2, 0.25) is 0 Å². The molecule has 2 atom stereocenters. The Hall–Kier alpha value is -1.95. The van der Waals surface area contributed by atoms with E-state index in [1.165, 1.54) is 12.1 Å². The molecule has 0 heterocycles. The van der Waals surface area contributed by atoms with Crippen molar-refractivity contribution in [2.45, 2.75) is 12.2 Å². The van der Waals surface area contributed by atoms with Gasteiger partial charge in [-0.05, 0) is 12.1 Å². The second-order valence-corrected chi connectivity index (χ2v) is 2.86. The van der Waals surface area contributed by atoms with Crippen molar-refractivity contribution in [3.8, 4) is 12.1 Å². The van der Waals surface area contributed by atoms with E-state index in [4.69, 9.17) is 15.6 Å². The molecule has 15 heavy (non-hydrogen) atoms. The predicted octanol–water partition coefficient (Wildman–Crippen LogP) is 0.615. The van der Waals surface area contributed by atoms with Crippen LogP contribution < -0.4 is 0 Å². The summed E-state index contributed by atoms with van der Waals surface area (Å²) in [5, 5.41) is 35.5. The van der Waals surface area contributed by atoms with E-state index in [0.717, 1.165) is 12.1 Å². The molecule has 0 radical (unpaired) electrons. The summed E-state index contributed by atoms with van der Waals surface area (Å²) in [6.07, 6.45) is -3.15. The van der Waals surface area contributed by atoms with Crippen molar-refractivity contribution >= 4 is 0 Å². The lowest BCUT2D eigenvalue weighted by atomic mass is 10.00. The molecule has 1 aromatic carbocycles. The summed E-state index contributed by atoms with van der Waals surface area (Å²) in [6.45, 7) is 0. The maximum Gasteiger partial charge on any atom is 0.170 e. The molecular weight excluding hydrogens is 199 g/mol. The van der Waals surface area contributed by atoms with Crippen LogP contribution in [-0.4, -0.2) is 16.3 Å². The molecule has 0 aliphatic rings. The van der Waals surface area contributed by atoms with Crippen LogP contribution in [0.1, 0.15) is 17.2 Å². The maximum absolute atomic E-state index is 12.7. The Bertz CT molecular complexity index is 448. The fraction of sp³-hybridized carbons (Fsp3) is 0.200. The molecule has 0 bridgehead atoms. The van der Waals surface area contributed by atoms with Crippen LogP contribution in [0.5, 0.6) is 0 Å². The van der Waals surface area contributed by atoms with Crippen LogP contribution in [-0.2, 0) is 0 Å². The van der Waals surface area contributed by atoms with Gasteiger partial charge < -0.3 is 10.2 Å². The quantitative estimate of drug-likeness (QED) is 0.694. The third-order valence-electron chi connectivity index (χ3n) is 1.89. The minimum atomic E-state index is -1.64. The lowest BCUT2D eigenvalue weighted by Crippen LogP contribution is -2.17. The van der Waals surface area contributed by atoms with E-state index in [2.05, 4.69) is 0 Å². The van der Waals surface area contributed by atoms with E-state index in [0.29, 0.717) is 0 Å². The topological polar surface area (TPSA) is 88.0 Å². The summed E-state index contributed by atoms with van der Waals surface area (Å²) in [5.74, 6) is -0.617. The van der Waals surface area contributed by atoms with Crippen LogP contribution in [0.15, 0.2) is 18.2 Å². The van der Waals surface area contributed by atoms with Crippen molar-refractivity contribution in [3.05, 3.63) is 35.1 Å². The molecule has 0 saturated carbocycles. The summed E-state index contributed by atoms with van der Waals surface area (Å²) in [7, 11) is 0. The number of aliphatic hydroxyl groups is 2. The SMILES string of the molecule is N#Cc1cc(F)ccc1C(O)C(O)C#N. The van der Waals surface area contributed by atoms with Crippen molar-refractivity contribution in [1.82, 2.24) is 0 Å². The van der Waals surface area contributed by atoms with E-state index in [1.807, 2.05) is 0 Å². The van der Waals surface area contributed by atoms with Gasteiger partial charge in [0.05, 0.1) is 17.7 Å². The summed E-state index contributed by atoms with van der Waals surface area (Å²) in [5.41, 5.74) is -0.0650. The van der Waals surface area contributed by atoms with Gasteiger partial charge >= 0.3 is 0 Å². The molecule has 0 aliphatic heterocycles. The number of halogens is 1. The van der Waals surface area contributed by atoms with Crippen LogP contribution in [0.25, 0.3) is 0 Å². The zero-order chi connectivity index (χ0) is 11.4. The third kappa shape index (κ3) is 2.29. The van der Waals surface area contributed by atoms with Crippen molar-refractivity contribution in [2.24, 2.45) is 0 Å². The van der Waals surface area contributed by atoms with Crippen molar-refractivity contribution in [2.75, 3.05) is 0 Å². The molecule has 0 aromatic heterocycles. The largest absolute Gasteiger partial charge is 0.385 e. The first-order chi connectivity index (χ1) is 7.10. The summed E-state index contributed by atoms with van der Waals surface area (Å²) >= 11 is 0. The smallest absolute Gasteiger partial charge is 0.170 e. The standard InChI is InChI=1S/C10H7FN2O2/c11-7-1-2-8(6(3-7)4-12)10(15)9(14)5-13/h1-3,9-10,14-15H. The predicted molar refractivity (Wildman–Crippen MR) is 47.7 cm³/mol. The molecule has 1 rings (SSSR count). The van der Waals surface area contributed by atoms with Gasteiger partial charge in [-0.15, -0.1) is 0 Å². The molecule has 5 heteroatoms. The highest BCUT2D eigenvalue weighted by Crippen LogP contribution is 2.21. The number of nitriles is 2. The molecule has 0 spiro atoms. The summed E-state index contributed by atoms with van der Waals surface area (Å²) in [6, 6.07) is 6.25. The van der Waals surface area contributed by atoms with Gasteiger partial charge in [-0.3, -0.25) is 0 Å². The van der Waals surface area contributed by atoms with Gasteiger partial charge in [0.1, 0.15) is 11.9 Å². The van der Waals surface area contributed by atoms with Gasteiger partial charge in [0.15, 0.2) is 6.10 Å². The Labute approximate surface area is 85.4 Å². The van der Waals surface area contributed by atoms with E-state index < -0.39 is 18.0 Å². The van der Waals surface area contributed by atoms with Gasteiger partial charge in [-0.25, -0.2) is 4.39 Å². The molecule has 0 fully saturated rings. The molecule has 0 aliphatic carbocycles. The van der Waals surface area contributed by atoms with Crippen molar-refractivity contribution < 1.29 is 14.6 Å². The normalized spacial score (nSPS) is 13.7. The van der Waals surface area contributed by atoms with Crippen LogP contribution in [0.3, 0.4) is 0 Å². The Kier molecular flexibility index (Phi) is 3.35. The zero-order valence-electron chi connectivity index (χ0n) is 7.55. The van der Waals surface area contributed by atoms with Crippen LogP contribution >= 0.6 is 0 Å². The highest BCUT2D eigenvalue weighted by atomic mass is 19.1. The van der Waals surface area contributed by atoms with Crippen molar-refractivity contribution in [3.63, 3.8) is 0 Å². The van der Waals surface area contributed by atoms with E-state index in [-0.39, 0.29) is 11.1 Å². The average molecular weight is 206 g/mol. The van der Waals surface area contributed by atoms with E-state index in [9.17, 15) is 9.50 Å². The number of aliphatic hydroxyl groups excluding tert-OH is 2. The Morgan fingerprint density at radius 2 is 1.93 bits per heavy atom. The molecule has 4 nitrogen and oxygen atoms in total. The number of hydrogen-bond acceptors (Lipinski definition) is 4. The highest BCUT2D eigenvalue weighted by molar-refractivity contribution is 5.40. The average Bonchev–Trinajstić information content (AvgIpc) is 2.26. The van der Waals surface area contributed by atoms with Crippen LogP contribution in [0, 0.1) is 28.5 Å². The van der Waals surface area contributed by atoms with Gasteiger partial charge in [0.2, 0.25) is 0 Å². The molecule has 2 N–H and O–H groups in total. The lowest BCUT2D eigenvalue weighted by Gasteiger charge is -2.13. The maximum atomic E-state index is 12.7. The molecule has 1 aromatic rings. The lowest BCUT2D eigenvalue weighted by molar-refractivity contribution is 0.0525. The molecular formula is C10H7FN2O2. The number of rotatable bonds is 2. The molecule has 0 saturated heterocycles. The first kappa shape index (κ1) is 11.1. The highest BCUT2D eigenvalue weighted by Gasteiger charge is 2.20.